The Kier molecular flexibility index (Phi) is 3.34. The molecule has 0 amide bonds. The van der Waals surface area contributed by atoms with E-state index in [1.54, 1.807) is 12.1 Å². The number of nitrogens with zero attached hydrogens (tertiary/aromatic N) is 1. The first-order valence-corrected chi connectivity index (χ1v) is 5.69. The SMILES string of the molecule is CC1CCCN1CC(=O)c1ccc(F)cc1. The molecule has 1 heterocycles. The summed E-state index contributed by atoms with van der Waals surface area (Å²) in [5.41, 5.74) is 0.598. The van der Waals surface area contributed by atoms with Gasteiger partial charge >= 0.3 is 0 Å². The van der Waals surface area contributed by atoms with Crippen LogP contribution < -0.4 is 0 Å². The van der Waals surface area contributed by atoms with Crippen molar-refractivity contribution in [2.75, 3.05) is 13.1 Å². The molecule has 0 saturated carbocycles. The Morgan fingerprint density at radius 1 is 1.44 bits per heavy atom. The van der Waals surface area contributed by atoms with E-state index in [0.717, 1.165) is 19.4 Å². The van der Waals surface area contributed by atoms with Crippen molar-refractivity contribution in [2.45, 2.75) is 25.8 Å². The molecule has 2 rings (SSSR count). The fraction of sp³-hybridized carbons (Fsp3) is 0.462. The molecule has 1 aliphatic heterocycles. The van der Waals surface area contributed by atoms with Crippen molar-refractivity contribution in [3.05, 3.63) is 35.6 Å². The molecule has 86 valence electrons. The van der Waals surface area contributed by atoms with E-state index in [2.05, 4.69) is 11.8 Å². The highest BCUT2D eigenvalue weighted by atomic mass is 19.1. The Labute approximate surface area is 95.1 Å². The van der Waals surface area contributed by atoms with Gasteiger partial charge in [0.2, 0.25) is 0 Å². The van der Waals surface area contributed by atoms with Crippen LogP contribution in [0.15, 0.2) is 24.3 Å². The van der Waals surface area contributed by atoms with Crippen LogP contribution in [0.3, 0.4) is 0 Å². The Bertz CT molecular complexity index is 374. The van der Waals surface area contributed by atoms with Gasteiger partial charge in [0, 0.05) is 11.6 Å². The van der Waals surface area contributed by atoms with E-state index in [4.69, 9.17) is 0 Å². The third kappa shape index (κ3) is 2.47. The summed E-state index contributed by atoms with van der Waals surface area (Å²) in [4.78, 5) is 14.1. The standard InChI is InChI=1S/C13H16FNO/c1-10-3-2-8-15(10)9-13(16)11-4-6-12(14)7-5-11/h4-7,10H,2-3,8-9H2,1H3. The molecule has 0 bridgehead atoms. The van der Waals surface area contributed by atoms with E-state index in [-0.39, 0.29) is 11.6 Å². The zero-order valence-electron chi connectivity index (χ0n) is 9.45. The third-order valence-corrected chi connectivity index (χ3v) is 3.20. The number of likely N-dealkylation sites (tertiary alicyclic amines) is 1. The monoisotopic (exact) mass is 221 g/mol. The molecule has 0 radical (unpaired) electrons. The molecule has 1 saturated heterocycles. The van der Waals surface area contributed by atoms with Crippen LogP contribution >= 0.6 is 0 Å². The predicted molar refractivity (Wildman–Crippen MR) is 61.0 cm³/mol. The molecule has 0 spiro atoms. The molecule has 3 heteroatoms. The molecule has 1 unspecified atom stereocenters. The second kappa shape index (κ2) is 4.74. The van der Waals surface area contributed by atoms with Crippen molar-refractivity contribution in [2.24, 2.45) is 0 Å². The summed E-state index contributed by atoms with van der Waals surface area (Å²) in [7, 11) is 0. The zero-order chi connectivity index (χ0) is 11.5. The summed E-state index contributed by atoms with van der Waals surface area (Å²) in [6.45, 7) is 3.59. The van der Waals surface area contributed by atoms with E-state index in [0.29, 0.717) is 18.2 Å². The van der Waals surface area contributed by atoms with Gasteiger partial charge < -0.3 is 0 Å². The highest BCUT2D eigenvalue weighted by Crippen LogP contribution is 2.16. The second-order valence-electron chi connectivity index (χ2n) is 4.39. The van der Waals surface area contributed by atoms with Crippen molar-refractivity contribution in [1.29, 1.82) is 0 Å². The number of rotatable bonds is 3. The van der Waals surface area contributed by atoms with Crippen LogP contribution in [0.1, 0.15) is 30.1 Å². The highest BCUT2D eigenvalue weighted by Gasteiger charge is 2.22. The first-order valence-electron chi connectivity index (χ1n) is 5.69. The largest absolute Gasteiger partial charge is 0.293 e. The van der Waals surface area contributed by atoms with Gasteiger partial charge in [0.15, 0.2) is 5.78 Å². The minimum atomic E-state index is -0.300. The lowest BCUT2D eigenvalue weighted by Crippen LogP contribution is -2.32. The normalized spacial score (nSPS) is 21.2. The van der Waals surface area contributed by atoms with Gasteiger partial charge in [0.25, 0.3) is 0 Å². The molecule has 0 aliphatic carbocycles. The molecule has 1 fully saturated rings. The summed E-state index contributed by atoms with van der Waals surface area (Å²) < 4.78 is 12.7. The highest BCUT2D eigenvalue weighted by molar-refractivity contribution is 5.97. The summed E-state index contributed by atoms with van der Waals surface area (Å²) >= 11 is 0. The van der Waals surface area contributed by atoms with Crippen LogP contribution in [-0.2, 0) is 0 Å². The number of ketones is 1. The van der Waals surface area contributed by atoms with Gasteiger partial charge in [-0.05, 0) is 50.6 Å². The first kappa shape index (κ1) is 11.3. The van der Waals surface area contributed by atoms with E-state index in [9.17, 15) is 9.18 Å². The molecular weight excluding hydrogens is 205 g/mol. The maximum atomic E-state index is 12.7. The fourth-order valence-electron chi connectivity index (χ4n) is 2.14. The topological polar surface area (TPSA) is 20.3 Å². The van der Waals surface area contributed by atoms with Crippen LogP contribution in [-0.4, -0.2) is 29.8 Å². The van der Waals surface area contributed by atoms with Crippen LogP contribution in [0.25, 0.3) is 0 Å². The molecule has 1 aliphatic rings. The number of Topliss-reactive ketones (excluding diaryl/α,β-unsaturated/α-hetero) is 1. The quantitative estimate of drug-likeness (QED) is 0.731. The average molecular weight is 221 g/mol. The van der Waals surface area contributed by atoms with Crippen LogP contribution in [0, 0.1) is 5.82 Å². The fourth-order valence-corrected chi connectivity index (χ4v) is 2.14. The van der Waals surface area contributed by atoms with Crippen molar-refractivity contribution in [3.63, 3.8) is 0 Å². The first-order chi connectivity index (χ1) is 7.66. The predicted octanol–water partition coefficient (Wildman–Crippen LogP) is 2.49. The molecule has 0 aromatic heterocycles. The molecule has 1 aromatic rings. The number of hydrogen-bond acceptors (Lipinski definition) is 2. The number of hydrogen-bond donors (Lipinski definition) is 0. The molecule has 0 N–H and O–H groups in total. The Hall–Kier alpha value is -1.22. The van der Waals surface area contributed by atoms with E-state index in [1.807, 2.05) is 0 Å². The Morgan fingerprint density at radius 2 is 2.12 bits per heavy atom. The molecule has 2 nitrogen and oxygen atoms in total. The minimum absolute atomic E-state index is 0.0775. The molecular formula is C13H16FNO. The number of benzene rings is 1. The van der Waals surface area contributed by atoms with Gasteiger partial charge in [-0.15, -0.1) is 0 Å². The lowest BCUT2D eigenvalue weighted by molar-refractivity contribution is 0.0926. The van der Waals surface area contributed by atoms with Gasteiger partial charge in [-0.3, -0.25) is 9.69 Å². The third-order valence-electron chi connectivity index (χ3n) is 3.20. The molecule has 16 heavy (non-hydrogen) atoms. The van der Waals surface area contributed by atoms with Gasteiger partial charge in [0.1, 0.15) is 5.82 Å². The molecule has 1 aromatic carbocycles. The van der Waals surface area contributed by atoms with Gasteiger partial charge in [-0.25, -0.2) is 4.39 Å². The van der Waals surface area contributed by atoms with Crippen molar-refractivity contribution in [3.8, 4) is 0 Å². The summed E-state index contributed by atoms with van der Waals surface area (Å²) in [5.74, 6) is -0.222. The lowest BCUT2D eigenvalue weighted by atomic mass is 10.1. The van der Waals surface area contributed by atoms with Gasteiger partial charge in [-0.2, -0.15) is 0 Å². The summed E-state index contributed by atoms with van der Waals surface area (Å²) in [5, 5.41) is 0. The van der Waals surface area contributed by atoms with Crippen LogP contribution in [0.4, 0.5) is 4.39 Å². The van der Waals surface area contributed by atoms with Crippen molar-refractivity contribution < 1.29 is 9.18 Å². The maximum Gasteiger partial charge on any atom is 0.176 e. The molecule has 1 atom stereocenters. The smallest absolute Gasteiger partial charge is 0.176 e. The van der Waals surface area contributed by atoms with E-state index >= 15 is 0 Å². The number of halogens is 1. The lowest BCUT2D eigenvalue weighted by Gasteiger charge is -2.19. The van der Waals surface area contributed by atoms with Crippen LogP contribution in [0.5, 0.6) is 0 Å². The van der Waals surface area contributed by atoms with E-state index in [1.165, 1.54) is 12.1 Å². The Morgan fingerprint density at radius 3 is 2.69 bits per heavy atom. The minimum Gasteiger partial charge on any atom is -0.293 e. The zero-order valence-corrected chi connectivity index (χ0v) is 9.45. The number of carbonyl (C=O) groups is 1. The second-order valence-corrected chi connectivity index (χ2v) is 4.39. The van der Waals surface area contributed by atoms with E-state index < -0.39 is 0 Å². The average Bonchev–Trinajstić information content (AvgIpc) is 2.65. The Balaban J connectivity index is 2.00. The van der Waals surface area contributed by atoms with Crippen molar-refractivity contribution in [1.82, 2.24) is 4.90 Å². The van der Waals surface area contributed by atoms with Gasteiger partial charge in [0.05, 0.1) is 6.54 Å². The maximum absolute atomic E-state index is 12.7. The summed E-state index contributed by atoms with van der Waals surface area (Å²) in [6, 6.07) is 6.27. The van der Waals surface area contributed by atoms with Crippen molar-refractivity contribution >= 4 is 5.78 Å². The number of carbonyl (C=O) groups excluding carboxylic acids is 1. The van der Waals surface area contributed by atoms with Gasteiger partial charge in [-0.1, -0.05) is 0 Å². The summed E-state index contributed by atoms with van der Waals surface area (Å²) in [6.07, 6.45) is 2.33. The van der Waals surface area contributed by atoms with Crippen LogP contribution in [0.2, 0.25) is 0 Å².